The predicted octanol–water partition coefficient (Wildman–Crippen LogP) is 8.12. The lowest BCUT2D eigenvalue weighted by molar-refractivity contribution is -0.153. The zero-order chi connectivity index (χ0) is 23.7. The highest BCUT2D eigenvalue weighted by atomic mass is 19.4. The Morgan fingerprint density at radius 1 is 0.848 bits per heavy atom. The Morgan fingerprint density at radius 2 is 1.42 bits per heavy atom. The number of carbonyl (C=O) groups is 1. The van der Waals surface area contributed by atoms with Crippen LogP contribution in [0.4, 0.5) is 13.2 Å². The van der Waals surface area contributed by atoms with Crippen LogP contribution in [0.5, 0.6) is 11.5 Å². The summed E-state index contributed by atoms with van der Waals surface area (Å²) in [7, 11) is 0. The minimum absolute atomic E-state index is 0.0858. The molecular weight excluding hydrogens is 429 g/mol. The van der Waals surface area contributed by atoms with Crippen LogP contribution in [0.3, 0.4) is 0 Å². The first-order valence-electron chi connectivity index (χ1n) is 12.9. The van der Waals surface area contributed by atoms with Gasteiger partial charge in [-0.2, -0.15) is 13.2 Å². The van der Waals surface area contributed by atoms with E-state index in [4.69, 9.17) is 4.74 Å². The fourth-order valence-corrected chi connectivity index (χ4v) is 5.60. The molecule has 0 saturated heterocycles. The van der Waals surface area contributed by atoms with Gasteiger partial charge in [-0.15, -0.1) is 0 Å². The lowest BCUT2D eigenvalue weighted by atomic mass is 9.68. The second-order valence-electron chi connectivity index (χ2n) is 10.0. The molecule has 33 heavy (non-hydrogen) atoms. The van der Waals surface area contributed by atoms with Crippen LogP contribution in [0.15, 0.2) is 24.3 Å². The van der Waals surface area contributed by atoms with Crippen molar-refractivity contribution in [3.05, 3.63) is 24.3 Å². The molecule has 3 rings (SSSR count). The number of esters is 1. The van der Waals surface area contributed by atoms with Crippen molar-refractivity contribution in [3.63, 3.8) is 0 Å². The van der Waals surface area contributed by atoms with E-state index in [9.17, 15) is 18.0 Å². The van der Waals surface area contributed by atoms with E-state index in [1.54, 1.807) is 0 Å². The van der Waals surface area contributed by atoms with Crippen molar-refractivity contribution in [1.29, 1.82) is 0 Å². The number of rotatable bonds is 10. The van der Waals surface area contributed by atoms with Crippen molar-refractivity contribution in [1.82, 2.24) is 0 Å². The molecule has 0 heterocycles. The fourth-order valence-electron chi connectivity index (χ4n) is 5.60. The SMILES string of the molecule is CCCCCCC1CCC(C2CCC(C(=O)Oc3ccc(OCC(F)(F)F)cc3)CC2)CC1. The van der Waals surface area contributed by atoms with Crippen molar-refractivity contribution >= 4 is 5.97 Å². The molecule has 0 bridgehead atoms. The Balaban J connectivity index is 1.35. The molecule has 0 atom stereocenters. The normalized spacial score (nSPS) is 26.1. The van der Waals surface area contributed by atoms with Gasteiger partial charge in [-0.3, -0.25) is 4.79 Å². The third-order valence-electron chi connectivity index (χ3n) is 7.57. The molecule has 2 aliphatic rings. The van der Waals surface area contributed by atoms with Crippen LogP contribution in [0.2, 0.25) is 0 Å². The van der Waals surface area contributed by atoms with Gasteiger partial charge in [-0.25, -0.2) is 0 Å². The lowest BCUT2D eigenvalue weighted by Gasteiger charge is -2.37. The molecule has 2 aliphatic carbocycles. The number of hydrogen-bond acceptors (Lipinski definition) is 3. The van der Waals surface area contributed by atoms with E-state index in [0.29, 0.717) is 5.75 Å². The fraction of sp³-hybridized carbons (Fsp3) is 0.741. The quantitative estimate of drug-likeness (QED) is 0.198. The van der Waals surface area contributed by atoms with Crippen LogP contribution in [0, 0.1) is 23.7 Å². The van der Waals surface area contributed by atoms with Gasteiger partial charge in [0.25, 0.3) is 0 Å². The van der Waals surface area contributed by atoms with Gasteiger partial charge in [0.1, 0.15) is 11.5 Å². The minimum Gasteiger partial charge on any atom is -0.484 e. The average Bonchev–Trinajstić information content (AvgIpc) is 2.81. The van der Waals surface area contributed by atoms with Gasteiger partial charge in [0.15, 0.2) is 6.61 Å². The van der Waals surface area contributed by atoms with Crippen LogP contribution in [-0.4, -0.2) is 18.8 Å². The number of alkyl halides is 3. The van der Waals surface area contributed by atoms with E-state index in [1.807, 2.05) is 0 Å². The summed E-state index contributed by atoms with van der Waals surface area (Å²) in [6, 6.07) is 5.75. The van der Waals surface area contributed by atoms with Gasteiger partial charge in [-0.05, 0) is 80.5 Å². The Hall–Kier alpha value is -1.72. The molecule has 2 fully saturated rings. The molecule has 0 radical (unpaired) electrons. The first-order valence-corrected chi connectivity index (χ1v) is 12.9. The standard InChI is InChI=1S/C27H39F3O3/c1-2-3-4-5-6-20-7-9-21(10-8-20)22-11-13-23(14-12-22)26(31)33-25-17-15-24(16-18-25)32-19-27(28,29)30/h15-18,20-23H,2-14,19H2,1H3. The summed E-state index contributed by atoms with van der Waals surface area (Å²) in [5, 5.41) is 0. The highest BCUT2D eigenvalue weighted by molar-refractivity contribution is 5.75. The monoisotopic (exact) mass is 468 g/mol. The predicted molar refractivity (Wildman–Crippen MR) is 123 cm³/mol. The average molecular weight is 469 g/mol. The molecule has 0 spiro atoms. The van der Waals surface area contributed by atoms with E-state index in [-0.39, 0.29) is 17.6 Å². The molecule has 2 saturated carbocycles. The Kier molecular flexibility index (Phi) is 9.94. The topological polar surface area (TPSA) is 35.5 Å². The number of unbranched alkanes of at least 4 members (excludes halogenated alkanes) is 3. The van der Waals surface area contributed by atoms with Crippen molar-refractivity contribution in [2.24, 2.45) is 23.7 Å². The van der Waals surface area contributed by atoms with Crippen molar-refractivity contribution < 1.29 is 27.4 Å². The van der Waals surface area contributed by atoms with Crippen molar-refractivity contribution in [2.75, 3.05) is 6.61 Å². The largest absolute Gasteiger partial charge is 0.484 e. The van der Waals surface area contributed by atoms with Crippen LogP contribution < -0.4 is 9.47 Å². The molecule has 0 aromatic heterocycles. The second kappa shape index (κ2) is 12.7. The lowest BCUT2D eigenvalue weighted by Crippen LogP contribution is -2.30. The van der Waals surface area contributed by atoms with E-state index in [0.717, 1.165) is 43.4 Å². The highest BCUT2D eigenvalue weighted by Gasteiger charge is 2.33. The molecule has 186 valence electrons. The number of carbonyl (C=O) groups excluding carboxylic acids is 1. The maximum atomic E-state index is 12.6. The first-order chi connectivity index (χ1) is 15.8. The van der Waals surface area contributed by atoms with Crippen LogP contribution in [-0.2, 0) is 4.79 Å². The summed E-state index contributed by atoms with van der Waals surface area (Å²) >= 11 is 0. The molecule has 1 aromatic carbocycles. The molecule has 0 amide bonds. The Bertz CT molecular complexity index is 700. The van der Waals surface area contributed by atoms with E-state index >= 15 is 0 Å². The maximum absolute atomic E-state index is 12.6. The summed E-state index contributed by atoms with van der Waals surface area (Å²) in [6.45, 7) is 0.924. The molecule has 0 aliphatic heterocycles. The van der Waals surface area contributed by atoms with Gasteiger partial charge < -0.3 is 9.47 Å². The molecule has 3 nitrogen and oxygen atoms in total. The smallest absolute Gasteiger partial charge is 0.422 e. The third-order valence-corrected chi connectivity index (χ3v) is 7.57. The van der Waals surface area contributed by atoms with Crippen LogP contribution in [0.1, 0.15) is 90.4 Å². The van der Waals surface area contributed by atoms with E-state index in [2.05, 4.69) is 11.7 Å². The molecule has 0 unspecified atom stereocenters. The summed E-state index contributed by atoms with van der Waals surface area (Å²) in [4.78, 5) is 12.6. The summed E-state index contributed by atoms with van der Waals surface area (Å²) in [5.41, 5.74) is 0. The Morgan fingerprint density at radius 3 is 2.00 bits per heavy atom. The van der Waals surface area contributed by atoms with E-state index in [1.165, 1.54) is 82.1 Å². The zero-order valence-electron chi connectivity index (χ0n) is 19.9. The van der Waals surface area contributed by atoms with Crippen LogP contribution >= 0.6 is 0 Å². The highest BCUT2D eigenvalue weighted by Crippen LogP contribution is 2.42. The summed E-state index contributed by atoms with van der Waals surface area (Å²) < 4.78 is 46.9. The van der Waals surface area contributed by atoms with Gasteiger partial charge in [0, 0.05) is 0 Å². The number of halogens is 3. The van der Waals surface area contributed by atoms with Crippen LogP contribution in [0.25, 0.3) is 0 Å². The van der Waals surface area contributed by atoms with Gasteiger partial charge >= 0.3 is 12.1 Å². The van der Waals surface area contributed by atoms with Gasteiger partial charge in [0.2, 0.25) is 0 Å². The molecule has 6 heteroatoms. The molecule has 1 aromatic rings. The third kappa shape index (κ3) is 8.86. The Labute approximate surface area is 196 Å². The molecular formula is C27H39F3O3. The number of hydrogen-bond donors (Lipinski definition) is 0. The minimum atomic E-state index is -4.38. The van der Waals surface area contributed by atoms with Gasteiger partial charge in [-0.1, -0.05) is 51.9 Å². The summed E-state index contributed by atoms with van der Waals surface area (Å²) in [5.74, 6) is 2.61. The first kappa shape index (κ1) is 25.9. The van der Waals surface area contributed by atoms with E-state index < -0.39 is 12.8 Å². The van der Waals surface area contributed by atoms with Crippen molar-refractivity contribution in [3.8, 4) is 11.5 Å². The zero-order valence-corrected chi connectivity index (χ0v) is 19.9. The van der Waals surface area contributed by atoms with Gasteiger partial charge in [0.05, 0.1) is 5.92 Å². The molecule has 0 N–H and O–H groups in total. The summed E-state index contributed by atoms with van der Waals surface area (Å²) in [6.07, 6.45) is 11.8. The number of benzene rings is 1. The number of ether oxygens (including phenoxy) is 2. The van der Waals surface area contributed by atoms with Crippen molar-refractivity contribution in [2.45, 2.75) is 96.6 Å². The maximum Gasteiger partial charge on any atom is 0.422 e. The second-order valence-corrected chi connectivity index (χ2v) is 10.0.